The minimum atomic E-state index is 0. The van der Waals surface area contributed by atoms with Gasteiger partial charge in [0.25, 0.3) is 0 Å². The van der Waals surface area contributed by atoms with Gasteiger partial charge in [-0.2, -0.15) is 0 Å². The third-order valence-electron chi connectivity index (χ3n) is 4.48. The van der Waals surface area contributed by atoms with Gasteiger partial charge in [-0.25, -0.2) is 4.99 Å². The topological polar surface area (TPSA) is 69.8 Å². The molecule has 2 aromatic rings. The summed E-state index contributed by atoms with van der Waals surface area (Å²) in [5.41, 5.74) is 0.853. The largest absolute Gasteiger partial charge is 0.357 e. The van der Waals surface area contributed by atoms with E-state index in [0.29, 0.717) is 12.5 Å². The van der Waals surface area contributed by atoms with Gasteiger partial charge >= 0.3 is 0 Å². The first-order valence-electron chi connectivity index (χ1n) is 8.83. The van der Waals surface area contributed by atoms with Gasteiger partial charge in [0.2, 0.25) is 0 Å². The van der Waals surface area contributed by atoms with Crippen molar-refractivity contribution in [2.45, 2.75) is 26.8 Å². The molecule has 3 rings (SSSR count). The smallest absolute Gasteiger partial charge is 0.191 e. The first kappa shape index (κ1) is 19.9. The molecule has 8 heteroatoms. The number of hydrogen-bond acceptors (Lipinski definition) is 4. The molecule has 1 fully saturated rings. The fourth-order valence-electron chi connectivity index (χ4n) is 3.10. The highest BCUT2D eigenvalue weighted by Crippen LogP contribution is 2.14. The highest BCUT2D eigenvalue weighted by atomic mass is 127. The Hall–Kier alpha value is -1.42. The monoisotopic (exact) mass is 457 g/mol. The Morgan fingerprint density at radius 1 is 1.28 bits per heavy atom. The molecule has 0 saturated carbocycles. The number of fused-ring (bicyclic) bond motifs is 1. The second-order valence-electron chi connectivity index (χ2n) is 6.17. The Morgan fingerprint density at radius 2 is 2.16 bits per heavy atom. The van der Waals surface area contributed by atoms with E-state index in [0.717, 1.165) is 37.1 Å². The predicted molar refractivity (Wildman–Crippen MR) is 111 cm³/mol. The lowest BCUT2D eigenvalue weighted by Gasteiger charge is -2.16. The van der Waals surface area contributed by atoms with Crippen LogP contribution in [0.15, 0.2) is 29.4 Å². The van der Waals surface area contributed by atoms with Crippen LogP contribution in [0.4, 0.5) is 0 Å². The molecule has 1 atom stereocenters. The average molecular weight is 457 g/mol. The lowest BCUT2D eigenvalue weighted by atomic mass is 10.1. The van der Waals surface area contributed by atoms with E-state index >= 15 is 0 Å². The summed E-state index contributed by atoms with van der Waals surface area (Å²) in [5.74, 6) is 2.39. The number of halogens is 1. The number of hydrogen-bond donors (Lipinski definition) is 2. The van der Waals surface area contributed by atoms with Gasteiger partial charge in [0.05, 0.1) is 0 Å². The van der Waals surface area contributed by atoms with Crippen LogP contribution in [0.25, 0.3) is 5.65 Å². The molecule has 138 valence electrons. The SMILES string of the molecule is CCNC(=NCc1nnc2ccccn12)NCC1CCN(CC)C1.I. The highest BCUT2D eigenvalue weighted by Gasteiger charge is 2.21. The zero-order chi connectivity index (χ0) is 16.8. The number of rotatable bonds is 6. The molecule has 0 spiro atoms. The minimum absolute atomic E-state index is 0. The van der Waals surface area contributed by atoms with Crippen molar-refractivity contribution in [1.82, 2.24) is 30.1 Å². The lowest BCUT2D eigenvalue weighted by molar-refractivity contribution is 0.342. The number of nitrogens with zero attached hydrogens (tertiary/aromatic N) is 5. The Bertz CT molecular complexity index is 684. The number of nitrogens with one attached hydrogen (secondary N) is 2. The zero-order valence-corrected chi connectivity index (χ0v) is 17.3. The summed E-state index contributed by atoms with van der Waals surface area (Å²) in [4.78, 5) is 7.16. The molecule has 3 heterocycles. The van der Waals surface area contributed by atoms with Crippen molar-refractivity contribution in [3.8, 4) is 0 Å². The molecule has 0 aliphatic carbocycles. The molecule has 7 nitrogen and oxygen atoms in total. The molecule has 0 amide bonds. The Kier molecular flexibility index (Phi) is 7.89. The average Bonchev–Trinajstić information content (AvgIpc) is 3.24. The van der Waals surface area contributed by atoms with Crippen LogP contribution in [0.1, 0.15) is 26.1 Å². The van der Waals surface area contributed by atoms with E-state index in [1.165, 1.54) is 19.5 Å². The fourth-order valence-corrected chi connectivity index (χ4v) is 3.10. The van der Waals surface area contributed by atoms with Gasteiger partial charge in [-0.15, -0.1) is 34.2 Å². The lowest BCUT2D eigenvalue weighted by Crippen LogP contribution is -2.40. The molecule has 2 N–H and O–H groups in total. The fraction of sp³-hybridized carbons (Fsp3) is 0.588. The van der Waals surface area contributed by atoms with E-state index in [4.69, 9.17) is 0 Å². The standard InChI is InChI=1S/C17H27N7.HI/c1-3-18-17(19-11-14-8-10-23(4-2)13-14)20-12-16-22-21-15-7-5-6-9-24(15)16;/h5-7,9,14H,3-4,8,10-13H2,1-2H3,(H2,18,19,20);1H. The number of guanidine groups is 1. The van der Waals surface area contributed by atoms with E-state index in [9.17, 15) is 0 Å². The van der Waals surface area contributed by atoms with Crippen LogP contribution in [0.2, 0.25) is 0 Å². The van der Waals surface area contributed by atoms with Crippen LogP contribution < -0.4 is 10.6 Å². The predicted octanol–water partition coefficient (Wildman–Crippen LogP) is 1.74. The van der Waals surface area contributed by atoms with E-state index in [-0.39, 0.29) is 24.0 Å². The highest BCUT2D eigenvalue weighted by molar-refractivity contribution is 14.0. The summed E-state index contributed by atoms with van der Waals surface area (Å²) >= 11 is 0. The van der Waals surface area contributed by atoms with Gasteiger partial charge in [0, 0.05) is 25.8 Å². The molecular formula is C17H28IN7. The van der Waals surface area contributed by atoms with Gasteiger partial charge in [-0.3, -0.25) is 4.40 Å². The van der Waals surface area contributed by atoms with E-state index in [1.807, 2.05) is 28.8 Å². The second-order valence-corrected chi connectivity index (χ2v) is 6.17. The summed E-state index contributed by atoms with van der Waals surface area (Å²) in [5, 5.41) is 15.2. The van der Waals surface area contributed by atoms with Gasteiger partial charge in [0.15, 0.2) is 17.4 Å². The maximum Gasteiger partial charge on any atom is 0.191 e. The summed E-state index contributed by atoms with van der Waals surface area (Å²) < 4.78 is 1.98. The van der Waals surface area contributed by atoms with Gasteiger partial charge in [0.1, 0.15) is 6.54 Å². The summed E-state index contributed by atoms with van der Waals surface area (Å²) in [6.07, 6.45) is 3.23. The Morgan fingerprint density at radius 3 is 2.92 bits per heavy atom. The number of aliphatic imine (C=N–C) groups is 1. The van der Waals surface area contributed by atoms with Gasteiger partial charge in [-0.05, 0) is 44.5 Å². The van der Waals surface area contributed by atoms with Crippen LogP contribution in [-0.4, -0.2) is 58.2 Å². The quantitative estimate of drug-likeness (QED) is 0.393. The summed E-state index contributed by atoms with van der Waals surface area (Å²) in [6, 6.07) is 5.89. The third-order valence-corrected chi connectivity index (χ3v) is 4.48. The molecule has 1 saturated heterocycles. The molecular weight excluding hydrogens is 429 g/mol. The molecule has 0 bridgehead atoms. The first-order chi connectivity index (χ1) is 11.8. The molecule has 1 unspecified atom stereocenters. The van der Waals surface area contributed by atoms with Crippen molar-refractivity contribution >= 4 is 35.6 Å². The van der Waals surface area contributed by atoms with Crippen LogP contribution >= 0.6 is 24.0 Å². The Labute approximate surface area is 166 Å². The number of aromatic nitrogens is 3. The van der Waals surface area contributed by atoms with Crippen molar-refractivity contribution in [2.24, 2.45) is 10.9 Å². The van der Waals surface area contributed by atoms with E-state index in [1.54, 1.807) is 0 Å². The maximum atomic E-state index is 4.66. The van der Waals surface area contributed by atoms with Crippen LogP contribution in [-0.2, 0) is 6.54 Å². The van der Waals surface area contributed by atoms with Crippen molar-refractivity contribution in [2.75, 3.05) is 32.7 Å². The van der Waals surface area contributed by atoms with Gasteiger partial charge < -0.3 is 15.5 Å². The Balaban J connectivity index is 0.00000225. The van der Waals surface area contributed by atoms with Gasteiger partial charge in [-0.1, -0.05) is 13.0 Å². The summed E-state index contributed by atoms with van der Waals surface area (Å²) in [7, 11) is 0. The molecule has 0 radical (unpaired) electrons. The molecule has 0 aromatic carbocycles. The number of pyridine rings is 1. The maximum absolute atomic E-state index is 4.66. The van der Waals surface area contributed by atoms with Crippen LogP contribution in [0, 0.1) is 5.92 Å². The number of likely N-dealkylation sites (tertiary alicyclic amines) is 1. The van der Waals surface area contributed by atoms with Crippen LogP contribution in [0.5, 0.6) is 0 Å². The summed E-state index contributed by atoms with van der Waals surface area (Å²) in [6.45, 7) is 10.2. The normalized spacial score (nSPS) is 18.3. The van der Waals surface area contributed by atoms with E-state index in [2.05, 4.69) is 44.6 Å². The molecule has 1 aliphatic heterocycles. The van der Waals surface area contributed by atoms with Crippen LogP contribution in [0.3, 0.4) is 0 Å². The van der Waals surface area contributed by atoms with Crippen molar-refractivity contribution < 1.29 is 0 Å². The molecule has 1 aliphatic rings. The van der Waals surface area contributed by atoms with Crippen molar-refractivity contribution in [3.63, 3.8) is 0 Å². The zero-order valence-electron chi connectivity index (χ0n) is 15.0. The third kappa shape index (κ3) is 5.27. The second kappa shape index (κ2) is 9.91. The van der Waals surface area contributed by atoms with Crippen molar-refractivity contribution in [3.05, 3.63) is 30.2 Å². The molecule has 25 heavy (non-hydrogen) atoms. The minimum Gasteiger partial charge on any atom is -0.357 e. The first-order valence-corrected chi connectivity index (χ1v) is 8.83. The van der Waals surface area contributed by atoms with E-state index < -0.39 is 0 Å². The molecule has 2 aromatic heterocycles. The van der Waals surface area contributed by atoms with Crippen molar-refractivity contribution in [1.29, 1.82) is 0 Å².